The molecule has 114 valence electrons. The average molecular weight is 311 g/mol. The summed E-state index contributed by atoms with van der Waals surface area (Å²) in [6.45, 7) is 1.64. The van der Waals surface area contributed by atoms with E-state index in [4.69, 9.17) is 5.26 Å². The number of rotatable bonds is 3. The Balaban J connectivity index is 2.32. The molecule has 1 heterocycles. The maximum Gasteiger partial charge on any atom is 0.243 e. The van der Waals surface area contributed by atoms with Crippen LogP contribution < -0.4 is 5.32 Å². The maximum absolute atomic E-state index is 13.5. The van der Waals surface area contributed by atoms with E-state index in [1.807, 2.05) is 0 Å². The smallest absolute Gasteiger partial charge is 0.243 e. The molecule has 21 heavy (non-hydrogen) atoms. The third kappa shape index (κ3) is 3.59. The van der Waals surface area contributed by atoms with Gasteiger partial charge in [-0.25, -0.2) is 12.8 Å². The Morgan fingerprint density at radius 1 is 1.33 bits per heavy atom. The lowest BCUT2D eigenvalue weighted by molar-refractivity contribution is 0.341. The number of nitrogens with one attached hydrogen (secondary N) is 1. The van der Waals surface area contributed by atoms with Crippen molar-refractivity contribution in [2.24, 2.45) is 0 Å². The van der Waals surface area contributed by atoms with Crippen molar-refractivity contribution in [3.8, 4) is 6.07 Å². The Labute approximate surface area is 124 Å². The van der Waals surface area contributed by atoms with Crippen molar-refractivity contribution in [2.75, 3.05) is 20.1 Å². The molecule has 1 saturated heterocycles. The third-order valence-corrected chi connectivity index (χ3v) is 5.62. The van der Waals surface area contributed by atoms with Gasteiger partial charge in [-0.05, 0) is 50.6 Å². The second-order valence-corrected chi connectivity index (χ2v) is 7.14. The second kappa shape index (κ2) is 6.52. The highest BCUT2D eigenvalue weighted by Crippen LogP contribution is 2.23. The van der Waals surface area contributed by atoms with Crippen LogP contribution in [0.3, 0.4) is 0 Å². The largest absolute Gasteiger partial charge is 0.317 e. The number of benzene rings is 1. The van der Waals surface area contributed by atoms with Crippen molar-refractivity contribution in [2.45, 2.75) is 30.2 Å². The molecule has 0 bridgehead atoms. The molecule has 5 nitrogen and oxygen atoms in total. The quantitative estimate of drug-likeness (QED) is 0.917. The van der Waals surface area contributed by atoms with Crippen LogP contribution >= 0.6 is 0 Å². The molecule has 0 amide bonds. The molecular formula is C14H18FN3O2S. The van der Waals surface area contributed by atoms with Gasteiger partial charge in [-0.3, -0.25) is 0 Å². The standard InChI is InChI=1S/C14H18FN3O2S/c1-18(13-3-2-5-17-6-4-13)21(19,20)14-8-11(10-16)7-12(15)9-14/h7-9,13,17H,2-6H2,1H3. The first-order chi connectivity index (χ1) is 9.95. The Morgan fingerprint density at radius 3 is 2.81 bits per heavy atom. The van der Waals surface area contributed by atoms with Gasteiger partial charge in [0.25, 0.3) is 0 Å². The number of halogens is 1. The summed E-state index contributed by atoms with van der Waals surface area (Å²) in [6.07, 6.45) is 2.39. The minimum atomic E-state index is -3.80. The van der Waals surface area contributed by atoms with Crippen LogP contribution in [0.25, 0.3) is 0 Å². The van der Waals surface area contributed by atoms with Crippen molar-refractivity contribution in [1.29, 1.82) is 5.26 Å². The molecule has 7 heteroatoms. The van der Waals surface area contributed by atoms with Gasteiger partial charge in [0.05, 0.1) is 16.5 Å². The topological polar surface area (TPSA) is 73.2 Å². The van der Waals surface area contributed by atoms with E-state index in [1.165, 1.54) is 17.4 Å². The summed E-state index contributed by atoms with van der Waals surface area (Å²) in [7, 11) is -2.28. The van der Waals surface area contributed by atoms with E-state index in [1.54, 1.807) is 6.07 Å². The lowest BCUT2D eigenvalue weighted by Crippen LogP contribution is -2.37. The summed E-state index contributed by atoms with van der Waals surface area (Å²) in [6, 6.07) is 4.86. The van der Waals surface area contributed by atoms with Gasteiger partial charge < -0.3 is 5.32 Å². The zero-order valence-electron chi connectivity index (χ0n) is 11.8. The highest BCUT2D eigenvalue weighted by molar-refractivity contribution is 7.89. The van der Waals surface area contributed by atoms with Gasteiger partial charge in [-0.15, -0.1) is 0 Å². The SMILES string of the molecule is CN(C1CCCNCC1)S(=O)(=O)c1cc(F)cc(C#N)c1. The first-order valence-electron chi connectivity index (χ1n) is 6.84. The van der Waals surface area contributed by atoms with Crippen LogP contribution in [0.5, 0.6) is 0 Å². The molecule has 0 radical (unpaired) electrons. The highest BCUT2D eigenvalue weighted by atomic mass is 32.2. The predicted molar refractivity (Wildman–Crippen MR) is 76.6 cm³/mol. The molecule has 1 aliphatic rings. The normalized spacial score (nSPS) is 20.0. The Bertz CT molecular complexity index is 647. The highest BCUT2D eigenvalue weighted by Gasteiger charge is 2.29. The van der Waals surface area contributed by atoms with Crippen molar-refractivity contribution < 1.29 is 12.8 Å². The van der Waals surface area contributed by atoms with Gasteiger partial charge in [-0.1, -0.05) is 0 Å². The number of nitriles is 1. The van der Waals surface area contributed by atoms with E-state index in [0.717, 1.165) is 44.5 Å². The molecule has 1 aromatic carbocycles. The van der Waals surface area contributed by atoms with Crippen LogP contribution in [0.4, 0.5) is 4.39 Å². The van der Waals surface area contributed by atoms with E-state index in [9.17, 15) is 12.8 Å². The van der Waals surface area contributed by atoms with Crippen molar-refractivity contribution >= 4 is 10.0 Å². The third-order valence-electron chi connectivity index (χ3n) is 3.74. The molecule has 1 fully saturated rings. The van der Waals surface area contributed by atoms with Gasteiger partial charge in [0, 0.05) is 13.1 Å². The van der Waals surface area contributed by atoms with E-state index in [-0.39, 0.29) is 16.5 Å². The van der Waals surface area contributed by atoms with Gasteiger partial charge in [0.15, 0.2) is 0 Å². The summed E-state index contributed by atoms with van der Waals surface area (Å²) in [4.78, 5) is -0.168. The molecule has 1 aromatic rings. The summed E-state index contributed by atoms with van der Waals surface area (Å²) in [5, 5.41) is 12.1. The molecule has 0 aromatic heterocycles. The Kier molecular flexibility index (Phi) is 4.93. The number of nitrogens with zero attached hydrogens (tertiary/aromatic N) is 2. The fourth-order valence-corrected chi connectivity index (χ4v) is 3.98. The fourth-order valence-electron chi connectivity index (χ4n) is 2.50. The van der Waals surface area contributed by atoms with E-state index < -0.39 is 15.8 Å². The minimum Gasteiger partial charge on any atom is -0.317 e. The van der Waals surface area contributed by atoms with Gasteiger partial charge in [0.1, 0.15) is 5.82 Å². The lowest BCUT2D eigenvalue weighted by Gasteiger charge is -2.26. The molecule has 0 spiro atoms. The number of sulfonamides is 1. The molecule has 0 saturated carbocycles. The Morgan fingerprint density at radius 2 is 2.10 bits per heavy atom. The molecule has 0 aliphatic carbocycles. The van der Waals surface area contributed by atoms with E-state index in [2.05, 4.69) is 5.32 Å². The van der Waals surface area contributed by atoms with Crippen molar-refractivity contribution in [1.82, 2.24) is 9.62 Å². The van der Waals surface area contributed by atoms with Crippen molar-refractivity contribution in [3.05, 3.63) is 29.6 Å². The van der Waals surface area contributed by atoms with E-state index in [0.29, 0.717) is 0 Å². The lowest BCUT2D eigenvalue weighted by atomic mass is 10.1. The fraction of sp³-hybridized carbons (Fsp3) is 0.500. The van der Waals surface area contributed by atoms with Crippen LogP contribution in [0.1, 0.15) is 24.8 Å². The molecule has 1 aliphatic heterocycles. The minimum absolute atomic E-state index is 0.00417. The predicted octanol–water partition coefficient (Wildman–Crippen LogP) is 1.46. The summed E-state index contributed by atoms with van der Waals surface area (Å²) in [5.41, 5.74) is 0.00417. The first kappa shape index (κ1) is 15.9. The summed E-state index contributed by atoms with van der Waals surface area (Å²) < 4.78 is 40.0. The average Bonchev–Trinajstić information content (AvgIpc) is 2.74. The zero-order chi connectivity index (χ0) is 15.5. The van der Waals surface area contributed by atoms with E-state index >= 15 is 0 Å². The van der Waals surface area contributed by atoms with Gasteiger partial charge in [-0.2, -0.15) is 9.57 Å². The van der Waals surface area contributed by atoms with Crippen LogP contribution in [-0.2, 0) is 10.0 Å². The van der Waals surface area contributed by atoms with Crippen molar-refractivity contribution in [3.63, 3.8) is 0 Å². The van der Waals surface area contributed by atoms with Crippen LogP contribution in [0.2, 0.25) is 0 Å². The summed E-state index contributed by atoms with van der Waals surface area (Å²) in [5.74, 6) is -0.719. The van der Waals surface area contributed by atoms with Gasteiger partial charge >= 0.3 is 0 Å². The van der Waals surface area contributed by atoms with Crippen LogP contribution in [0.15, 0.2) is 23.1 Å². The number of hydrogen-bond acceptors (Lipinski definition) is 4. The first-order valence-corrected chi connectivity index (χ1v) is 8.28. The molecule has 1 N–H and O–H groups in total. The van der Waals surface area contributed by atoms with Gasteiger partial charge in [0.2, 0.25) is 10.0 Å². The molecule has 1 atom stereocenters. The molecule has 2 rings (SSSR count). The summed E-state index contributed by atoms with van der Waals surface area (Å²) >= 11 is 0. The maximum atomic E-state index is 13.5. The molecule has 1 unspecified atom stereocenters. The van der Waals surface area contributed by atoms with Crippen LogP contribution in [0, 0.1) is 17.1 Å². The zero-order valence-corrected chi connectivity index (χ0v) is 12.7. The van der Waals surface area contributed by atoms with Crippen LogP contribution in [-0.4, -0.2) is 38.9 Å². The monoisotopic (exact) mass is 311 g/mol. The Hall–Kier alpha value is -1.49. The second-order valence-electron chi connectivity index (χ2n) is 5.14. The number of hydrogen-bond donors (Lipinski definition) is 1. The molecular weight excluding hydrogens is 293 g/mol.